The van der Waals surface area contributed by atoms with Crippen LogP contribution in [-0.4, -0.2) is 91.3 Å². The van der Waals surface area contributed by atoms with Crippen molar-refractivity contribution in [2.24, 2.45) is 5.92 Å². The number of piperazine rings is 1. The maximum absolute atomic E-state index is 13.1. The molecule has 0 radical (unpaired) electrons. The van der Waals surface area contributed by atoms with Crippen molar-refractivity contribution in [2.75, 3.05) is 58.4 Å². The highest BCUT2D eigenvalue weighted by Gasteiger charge is 2.30. The zero-order valence-corrected chi connectivity index (χ0v) is 21.3. The lowest BCUT2D eigenvalue weighted by atomic mass is 9.94. The molecule has 200 valence electrons. The number of anilines is 1. The molecule has 2 saturated heterocycles. The van der Waals surface area contributed by atoms with Crippen LogP contribution >= 0.6 is 0 Å². The van der Waals surface area contributed by atoms with Gasteiger partial charge < -0.3 is 29.5 Å². The standard InChI is InChI=1S/C25H33N3O3.C2H2O4/c1-30-23-9-8-21(24(18-23)31-2)19-26-12-10-20(11-13-26)25(29)28-16-14-27(15-17-28)22-6-4-3-5-7-22;3-1(4)2(5)6/h3-9,18,20H,10-17,19H2,1-2H3;(H,3,4)(H,5,6). The van der Waals surface area contributed by atoms with E-state index in [1.165, 1.54) is 5.69 Å². The largest absolute Gasteiger partial charge is 0.497 e. The lowest BCUT2D eigenvalue weighted by Crippen LogP contribution is -2.51. The third kappa shape index (κ3) is 7.85. The smallest absolute Gasteiger partial charge is 0.414 e. The molecule has 2 aromatic carbocycles. The number of rotatable bonds is 6. The van der Waals surface area contributed by atoms with Crippen LogP contribution in [0.2, 0.25) is 0 Å². The van der Waals surface area contributed by atoms with Crippen LogP contribution in [0.5, 0.6) is 11.5 Å². The molecule has 2 aliphatic heterocycles. The molecule has 0 saturated carbocycles. The minimum atomic E-state index is -1.82. The van der Waals surface area contributed by atoms with Crippen LogP contribution < -0.4 is 14.4 Å². The van der Waals surface area contributed by atoms with Crippen molar-refractivity contribution < 1.29 is 34.1 Å². The zero-order chi connectivity index (χ0) is 26.8. The lowest BCUT2D eigenvalue weighted by molar-refractivity contribution is -0.159. The summed E-state index contributed by atoms with van der Waals surface area (Å²) in [6, 6.07) is 16.5. The first-order chi connectivity index (χ1) is 17.8. The molecule has 2 N–H and O–H groups in total. The Morgan fingerprint density at radius 3 is 2.00 bits per heavy atom. The van der Waals surface area contributed by atoms with Gasteiger partial charge in [0.05, 0.1) is 14.2 Å². The molecule has 2 aliphatic rings. The number of carbonyl (C=O) groups excluding carboxylic acids is 1. The van der Waals surface area contributed by atoms with Crippen molar-refractivity contribution in [1.82, 2.24) is 9.80 Å². The molecular formula is C27H35N3O7. The van der Waals surface area contributed by atoms with E-state index < -0.39 is 11.9 Å². The van der Waals surface area contributed by atoms with Gasteiger partial charge in [0.2, 0.25) is 5.91 Å². The number of para-hydroxylation sites is 1. The normalized spacial score (nSPS) is 16.4. The average Bonchev–Trinajstić information content (AvgIpc) is 2.94. The van der Waals surface area contributed by atoms with E-state index in [0.29, 0.717) is 5.91 Å². The Kier molecular flexibility index (Phi) is 10.1. The molecule has 4 rings (SSSR count). The molecule has 10 nitrogen and oxygen atoms in total. The van der Waals surface area contributed by atoms with Crippen LogP contribution in [0.3, 0.4) is 0 Å². The summed E-state index contributed by atoms with van der Waals surface area (Å²) in [4.78, 5) is 38.1. The second-order valence-corrected chi connectivity index (χ2v) is 8.99. The van der Waals surface area contributed by atoms with E-state index in [1.54, 1.807) is 14.2 Å². The van der Waals surface area contributed by atoms with Crippen LogP contribution in [0, 0.1) is 5.92 Å². The van der Waals surface area contributed by atoms with Crippen LogP contribution in [0.4, 0.5) is 5.69 Å². The number of benzene rings is 2. The van der Waals surface area contributed by atoms with Gasteiger partial charge in [-0.2, -0.15) is 0 Å². The Labute approximate surface area is 217 Å². The number of carboxylic acid groups (broad SMARTS) is 2. The number of piperidine rings is 1. The van der Waals surface area contributed by atoms with E-state index in [4.69, 9.17) is 29.3 Å². The highest BCUT2D eigenvalue weighted by Crippen LogP contribution is 2.28. The molecule has 0 aliphatic carbocycles. The fourth-order valence-corrected chi connectivity index (χ4v) is 4.64. The van der Waals surface area contributed by atoms with Gasteiger partial charge in [-0.25, -0.2) is 9.59 Å². The number of nitrogens with zero attached hydrogens (tertiary/aromatic N) is 3. The van der Waals surface area contributed by atoms with Crippen LogP contribution in [0.1, 0.15) is 18.4 Å². The summed E-state index contributed by atoms with van der Waals surface area (Å²) in [5.41, 5.74) is 2.40. The quantitative estimate of drug-likeness (QED) is 0.561. The molecule has 0 aromatic heterocycles. The summed E-state index contributed by atoms with van der Waals surface area (Å²) in [5, 5.41) is 14.8. The van der Waals surface area contributed by atoms with Crippen LogP contribution in [0.25, 0.3) is 0 Å². The third-order valence-corrected chi connectivity index (χ3v) is 6.72. The van der Waals surface area contributed by atoms with Crippen molar-refractivity contribution in [3.63, 3.8) is 0 Å². The SMILES string of the molecule is COc1ccc(CN2CCC(C(=O)N3CCN(c4ccccc4)CC3)CC2)c(OC)c1.O=C(O)C(=O)O. The number of hydrogen-bond donors (Lipinski definition) is 2. The van der Waals surface area contributed by atoms with Gasteiger partial charge in [0.15, 0.2) is 0 Å². The number of hydrogen-bond acceptors (Lipinski definition) is 7. The number of methoxy groups -OCH3 is 2. The highest BCUT2D eigenvalue weighted by atomic mass is 16.5. The number of ether oxygens (including phenoxy) is 2. The molecular weight excluding hydrogens is 478 g/mol. The monoisotopic (exact) mass is 513 g/mol. The second-order valence-electron chi connectivity index (χ2n) is 8.99. The van der Waals surface area contributed by atoms with Gasteiger partial charge in [0.25, 0.3) is 0 Å². The average molecular weight is 514 g/mol. The van der Waals surface area contributed by atoms with E-state index in [2.05, 4.69) is 45.0 Å². The van der Waals surface area contributed by atoms with E-state index in [0.717, 1.165) is 75.7 Å². The number of amides is 1. The summed E-state index contributed by atoms with van der Waals surface area (Å²) in [7, 11) is 3.36. The molecule has 0 unspecified atom stereocenters. The van der Waals surface area contributed by atoms with Crippen molar-refractivity contribution >= 4 is 23.5 Å². The third-order valence-electron chi connectivity index (χ3n) is 6.72. The number of aliphatic carboxylic acids is 2. The molecule has 0 bridgehead atoms. The fraction of sp³-hybridized carbons (Fsp3) is 0.444. The topological polar surface area (TPSA) is 120 Å². The molecule has 2 heterocycles. The number of carbonyl (C=O) groups is 3. The number of likely N-dealkylation sites (tertiary alicyclic amines) is 1. The molecule has 2 fully saturated rings. The summed E-state index contributed by atoms with van der Waals surface area (Å²) >= 11 is 0. The predicted octanol–water partition coefficient (Wildman–Crippen LogP) is 2.42. The first-order valence-electron chi connectivity index (χ1n) is 12.3. The molecule has 0 atom stereocenters. The van der Waals surface area contributed by atoms with Crippen LogP contribution in [0.15, 0.2) is 48.5 Å². The molecule has 2 aromatic rings. The van der Waals surface area contributed by atoms with E-state index in [9.17, 15) is 4.79 Å². The molecule has 0 spiro atoms. The summed E-state index contributed by atoms with van der Waals surface area (Å²) < 4.78 is 10.8. The van der Waals surface area contributed by atoms with Gasteiger partial charge >= 0.3 is 11.9 Å². The maximum Gasteiger partial charge on any atom is 0.414 e. The predicted molar refractivity (Wildman–Crippen MR) is 138 cm³/mol. The Bertz CT molecular complexity index is 1040. The van der Waals surface area contributed by atoms with Crippen molar-refractivity contribution in [1.29, 1.82) is 0 Å². The second kappa shape index (κ2) is 13.5. The van der Waals surface area contributed by atoms with E-state index >= 15 is 0 Å². The van der Waals surface area contributed by atoms with Gasteiger partial charge in [0.1, 0.15) is 11.5 Å². The van der Waals surface area contributed by atoms with Crippen molar-refractivity contribution in [2.45, 2.75) is 19.4 Å². The number of carboxylic acids is 2. The maximum atomic E-state index is 13.1. The van der Waals surface area contributed by atoms with E-state index in [-0.39, 0.29) is 5.92 Å². The Morgan fingerprint density at radius 2 is 1.46 bits per heavy atom. The molecule has 37 heavy (non-hydrogen) atoms. The first kappa shape index (κ1) is 27.8. The van der Waals surface area contributed by atoms with Gasteiger partial charge in [-0.05, 0) is 44.1 Å². The van der Waals surface area contributed by atoms with E-state index in [1.807, 2.05) is 18.2 Å². The Hall–Kier alpha value is -3.79. The highest BCUT2D eigenvalue weighted by molar-refractivity contribution is 6.27. The minimum absolute atomic E-state index is 0.150. The molecule has 10 heteroatoms. The van der Waals surface area contributed by atoms with Gasteiger partial charge in [0, 0.05) is 56.0 Å². The summed E-state index contributed by atoms with van der Waals surface area (Å²) in [6.45, 7) is 6.17. The van der Waals surface area contributed by atoms with Crippen molar-refractivity contribution in [3.05, 3.63) is 54.1 Å². The van der Waals surface area contributed by atoms with Gasteiger partial charge in [-0.1, -0.05) is 24.3 Å². The van der Waals surface area contributed by atoms with Crippen molar-refractivity contribution in [3.8, 4) is 11.5 Å². The zero-order valence-electron chi connectivity index (χ0n) is 21.3. The minimum Gasteiger partial charge on any atom is -0.497 e. The summed E-state index contributed by atoms with van der Waals surface area (Å²) in [6.07, 6.45) is 1.85. The van der Waals surface area contributed by atoms with Gasteiger partial charge in [-0.3, -0.25) is 9.69 Å². The van der Waals surface area contributed by atoms with Crippen LogP contribution in [-0.2, 0) is 20.9 Å². The first-order valence-corrected chi connectivity index (χ1v) is 12.3. The fourth-order valence-electron chi connectivity index (χ4n) is 4.64. The Balaban J connectivity index is 0.000000568. The summed E-state index contributed by atoms with van der Waals surface area (Å²) in [5.74, 6) is -1.50. The molecule has 1 amide bonds. The van der Waals surface area contributed by atoms with Gasteiger partial charge in [-0.15, -0.1) is 0 Å². The Morgan fingerprint density at radius 1 is 0.838 bits per heavy atom. The lowest BCUT2D eigenvalue weighted by Gasteiger charge is -2.39.